The average Bonchev–Trinajstić information content (AvgIpc) is 3.04. The van der Waals surface area contributed by atoms with Gasteiger partial charge in [0.05, 0.1) is 22.6 Å². The Kier molecular flexibility index (Phi) is 2.82. The maximum Gasteiger partial charge on any atom is 0.111 e. The number of imidazole rings is 1. The van der Waals surface area contributed by atoms with Gasteiger partial charge in [0.1, 0.15) is 5.01 Å². The number of hydrogen-bond acceptors (Lipinski definition) is 4. The highest BCUT2D eigenvalue weighted by atomic mass is 32.1. The molecule has 1 saturated carbocycles. The van der Waals surface area contributed by atoms with Gasteiger partial charge in [-0.2, -0.15) is 0 Å². The van der Waals surface area contributed by atoms with Gasteiger partial charge in [-0.1, -0.05) is 12.1 Å². The number of nitrogens with zero attached hydrogens (tertiary/aromatic N) is 3. The molecule has 0 amide bonds. The smallest absolute Gasteiger partial charge is 0.111 e. The minimum atomic E-state index is -0.0541. The van der Waals surface area contributed by atoms with Gasteiger partial charge in [0, 0.05) is 24.4 Å². The summed E-state index contributed by atoms with van der Waals surface area (Å²) >= 11 is 1.69. The van der Waals surface area contributed by atoms with Gasteiger partial charge in [-0.05, 0) is 25.0 Å². The van der Waals surface area contributed by atoms with E-state index in [9.17, 15) is 0 Å². The number of rotatable bonds is 4. The Morgan fingerprint density at radius 1 is 1.35 bits per heavy atom. The fraction of sp³-hybridized carbons (Fsp3) is 0.333. The van der Waals surface area contributed by atoms with Crippen LogP contribution in [0.15, 0.2) is 36.8 Å². The lowest BCUT2D eigenvalue weighted by Gasteiger charge is -2.10. The average molecular weight is 284 g/mol. The number of para-hydroxylation sites is 1. The van der Waals surface area contributed by atoms with Crippen LogP contribution in [0.1, 0.15) is 35.6 Å². The normalized spacial score (nSPS) is 16.6. The molecule has 20 heavy (non-hydrogen) atoms. The Labute approximate surface area is 121 Å². The zero-order chi connectivity index (χ0) is 13.5. The molecule has 3 aromatic rings. The number of fused-ring (bicyclic) bond motifs is 1. The highest BCUT2D eigenvalue weighted by Gasteiger charge is 2.26. The number of nitrogens with two attached hydrogens (primary N) is 1. The largest absolute Gasteiger partial charge is 0.331 e. The van der Waals surface area contributed by atoms with Crippen LogP contribution in [0.25, 0.3) is 10.2 Å². The summed E-state index contributed by atoms with van der Waals surface area (Å²) in [4.78, 5) is 8.91. The fourth-order valence-corrected chi connectivity index (χ4v) is 3.50. The first kappa shape index (κ1) is 12.1. The summed E-state index contributed by atoms with van der Waals surface area (Å²) in [5.74, 6) is 0. The van der Waals surface area contributed by atoms with Crippen LogP contribution in [0.2, 0.25) is 0 Å². The van der Waals surface area contributed by atoms with E-state index in [2.05, 4.69) is 20.6 Å². The van der Waals surface area contributed by atoms with E-state index in [1.54, 1.807) is 11.3 Å². The van der Waals surface area contributed by atoms with Crippen molar-refractivity contribution in [3.05, 3.63) is 47.5 Å². The molecule has 0 bridgehead atoms. The molecule has 2 N–H and O–H groups in total. The van der Waals surface area contributed by atoms with E-state index in [0.29, 0.717) is 6.04 Å². The molecule has 0 radical (unpaired) electrons. The molecule has 0 aliphatic heterocycles. The van der Waals surface area contributed by atoms with Crippen molar-refractivity contribution in [3.63, 3.8) is 0 Å². The zero-order valence-corrected chi connectivity index (χ0v) is 11.9. The molecule has 2 aromatic heterocycles. The van der Waals surface area contributed by atoms with Crippen LogP contribution in [0.4, 0.5) is 0 Å². The van der Waals surface area contributed by atoms with Crippen molar-refractivity contribution in [3.8, 4) is 0 Å². The van der Waals surface area contributed by atoms with E-state index in [-0.39, 0.29) is 6.04 Å². The van der Waals surface area contributed by atoms with Gasteiger partial charge in [-0.15, -0.1) is 11.3 Å². The van der Waals surface area contributed by atoms with Crippen molar-refractivity contribution in [1.82, 2.24) is 14.5 Å². The molecule has 5 heteroatoms. The quantitative estimate of drug-likeness (QED) is 0.801. The van der Waals surface area contributed by atoms with E-state index >= 15 is 0 Å². The second-order valence-corrected chi connectivity index (χ2v) is 6.42. The molecule has 2 heterocycles. The van der Waals surface area contributed by atoms with E-state index < -0.39 is 0 Å². The minimum absolute atomic E-state index is 0.0541. The molecular formula is C15H16N4S. The first-order valence-electron chi connectivity index (χ1n) is 6.93. The molecule has 0 spiro atoms. The number of thiazole rings is 1. The second-order valence-electron chi connectivity index (χ2n) is 5.35. The van der Waals surface area contributed by atoms with Gasteiger partial charge >= 0.3 is 0 Å². The SMILES string of the molecule is NC(Cc1cncn1C1CC1)c1nc2ccccc2s1. The molecule has 1 atom stereocenters. The second kappa shape index (κ2) is 4.68. The van der Waals surface area contributed by atoms with E-state index in [1.807, 2.05) is 30.7 Å². The lowest BCUT2D eigenvalue weighted by molar-refractivity contribution is 0.633. The van der Waals surface area contributed by atoms with Crippen molar-refractivity contribution in [2.75, 3.05) is 0 Å². The van der Waals surface area contributed by atoms with E-state index in [4.69, 9.17) is 5.73 Å². The minimum Gasteiger partial charge on any atom is -0.331 e. The van der Waals surface area contributed by atoms with Gasteiger partial charge in [0.25, 0.3) is 0 Å². The molecule has 1 unspecified atom stereocenters. The van der Waals surface area contributed by atoms with Crippen LogP contribution in [0.5, 0.6) is 0 Å². The maximum atomic E-state index is 6.35. The lowest BCUT2D eigenvalue weighted by atomic mass is 10.2. The highest BCUT2D eigenvalue weighted by molar-refractivity contribution is 7.18. The van der Waals surface area contributed by atoms with Crippen molar-refractivity contribution in [2.45, 2.75) is 31.3 Å². The van der Waals surface area contributed by atoms with Crippen molar-refractivity contribution >= 4 is 21.6 Å². The van der Waals surface area contributed by atoms with Crippen LogP contribution in [0, 0.1) is 0 Å². The van der Waals surface area contributed by atoms with Crippen LogP contribution >= 0.6 is 11.3 Å². The number of hydrogen-bond donors (Lipinski definition) is 1. The molecule has 1 aliphatic carbocycles. The summed E-state index contributed by atoms with van der Waals surface area (Å²) in [6.07, 6.45) is 7.19. The fourth-order valence-electron chi connectivity index (χ4n) is 2.53. The Balaban J connectivity index is 1.60. The number of benzene rings is 1. The van der Waals surface area contributed by atoms with Gasteiger partial charge in [0.15, 0.2) is 0 Å². The first-order chi connectivity index (χ1) is 9.81. The summed E-state index contributed by atoms with van der Waals surface area (Å²) in [6, 6.07) is 8.78. The molecule has 0 saturated heterocycles. The van der Waals surface area contributed by atoms with Gasteiger partial charge < -0.3 is 10.3 Å². The first-order valence-corrected chi connectivity index (χ1v) is 7.74. The lowest BCUT2D eigenvalue weighted by Crippen LogP contribution is -2.15. The Bertz CT molecular complexity index is 708. The third-order valence-corrected chi connectivity index (χ3v) is 4.91. The summed E-state index contributed by atoms with van der Waals surface area (Å²) in [6.45, 7) is 0. The topological polar surface area (TPSA) is 56.7 Å². The summed E-state index contributed by atoms with van der Waals surface area (Å²) in [5.41, 5.74) is 8.61. The third kappa shape index (κ3) is 2.13. The van der Waals surface area contributed by atoms with Gasteiger partial charge in [-0.25, -0.2) is 9.97 Å². The summed E-state index contributed by atoms with van der Waals surface area (Å²) in [5, 5.41) is 1.01. The predicted octanol–water partition coefficient (Wildman–Crippen LogP) is 3.07. The predicted molar refractivity (Wildman–Crippen MR) is 80.8 cm³/mol. The summed E-state index contributed by atoms with van der Waals surface area (Å²) in [7, 11) is 0. The molecule has 4 rings (SSSR count). The molecule has 1 aromatic carbocycles. The molecule has 4 nitrogen and oxygen atoms in total. The van der Waals surface area contributed by atoms with Crippen molar-refractivity contribution in [1.29, 1.82) is 0 Å². The van der Waals surface area contributed by atoms with Gasteiger partial charge in [0.2, 0.25) is 0 Å². The number of aromatic nitrogens is 3. The maximum absolute atomic E-state index is 6.35. The van der Waals surface area contributed by atoms with E-state index in [1.165, 1.54) is 23.2 Å². The monoisotopic (exact) mass is 284 g/mol. The highest BCUT2D eigenvalue weighted by Crippen LogP contribution is 2.36. The molecule has 1 fully saturated rings. The van der Waals surface area contributed by atoms with Crippen LogP contribution in [-0.4, -0.2) is 14.5 Å². The van der Waals surface area contributed by atoms with Crippen LogP contribution in [0.3, 0.4) is 0 Å². The molecule has 1 aliphatic rings. The van der Waals surface area contributed by atoms with Crippen LogP contribution in [-0.2, 0) is 6.42 Å². The molecule has 102 valence electrons. The Morgan fingerprint density at radius 2 is 2.20 bits per heavy atom. The van der Waals surface area contributed by atoms with Crippen molar-refractivity contribution < 1.29 is 0 Å². The summed E-state index contributed by atoms with van der Waals surface area (Å²) < 4.78 is 3.47. The van der Waals surface area contributed by atoms with Gasteiger partial charge in [-0.3, -0.25) is 0 Å². The Morgan fingerprint density at radius 3 is 3.00 bits per heavy atom. The van der Waals surface area contributed by atoms with Crippen LogP contribution < -0.4 is 5.73 Å². The zero-order valence-electron chi connectivity index (χ0n) is 11.1. The van der Waals surface area contributed by atoms with Crippen molar-refractivity contribution in [2.24, 2.45) is 5.73 Å². The Hall–Kier alpha value is -1.72. The van der Waals surface area contributed by atoms with E-state index in [0.717, 1.165) is 16.9 Å². The standard InChI is InChI=1S/C15H16N4S/c16-12(7-11-8-17-9-19(11)10-5-6-10)15-18-13-3-1-2-4-14(13)20-15/h1-4,8-10,12H,5-7,16H2. The third-order valence-electron chi connectivity index (χ3n) is 3.74. The molecular weight excluding hydrogens is 268 g/mol.